The molecule has 32 heavy (non-hydrogen) atoms. The molecule has 1 aromatic rings. The van der Waals surface area contributed by atoms with Crippen LogP contribution >= 0.6 is 0 Å². The summed E-state index contributed by atoms with van der Waals surface area (Å²) in [7, 11) is 0. The van der Waals surface area contributed by atoms with Crippen molar-refractivity contribution in [3.05, 3.63) is 29.8 Å². The number of rotatable bonds is 5. The lowest BCUT2D eigenvalue weighted by atomic mass is 9.92. The number of anilines is 1. The first-order valence-electron chi connectivity index (χ1n) is 12.3. The number of nitrogens with zero attached hydrogens (tertiary/aromatic N) is 2. The Morgan fingerprint density at radius 1 is 0.969 bits per heavy atom. The van der Waals surface area contributed by atoms with Crippen molar-refractivity contribution >= 4 is 23.4 Å². The summed E-state index contributed by atoms with van der Waals surface area (Å²) in [4.78, 5) is 43.7. The molecule has 4 rings (SSSR count). The van der Waals surface area contributed by atoms with Crippen LogP contribution in [0.15, 0.2) is 24.3 Å². The Labute approximate surface area is 192 Å². The molecule has 1 aromatic carbocycles. The summed E-state index contributed by atoms with van der Waals surface area (Å²) < 4.78 is 0. The summed E-state index contributed by atoms with van der Waals surface area (Å²) in [6, 6.07) is 7.03. The third-order valence-electron chi connectivity index (χ3n) is 8.77. The van der Waals surface area contributed by atoms with Gasteiger partial charge >= 0.3 is 0 Å². The van der Waals surface area contributed by atoms with E-state index in [9.17, 15) is 14.4 Å². The highest BCUT2D eigenvalue weighted by atomic mass is 16.2. The van der Waals surface area contributed by atoms with Crippen LogP contribution in [0.1, 0.15) is 91.5 Å². The number of hydrogen-bond acceptors (Lipinski definition) is 3. The van der Waals surface area contributed by atoms with E-state index in [4.69, 9.17) is 0 Å². The fourth-order valence-electron chi connectivity index (χ4n) is 6.02. The van der Waals surface area contributed by atoms with E-state index in [1.165, 1.54) is 16.9 Å². The lowest BCUT2D eigenvalue weighted by Crippen LogP contribution is -2.52. The van der Waals surface area contributed by atoms with Gasteiger partial charge in [0.25, 0.3) is 5.91 Å². The van der Waals surface area contributed by atoms with E-state index in [2.05, 4.69) is 41.5 Å². The average Bonchev–Trinajstić information content (AvgIpc) is 2.98. The Balaban J connectivity index is 1.63. The molecule has 3 aliphatic rings. The SMILES string of the molecule is CC(C)c1ccc(N2C(=O)CC(N(C(=O)C3C(C)(C)C3(C)C)C3CCCCC3)C2=O)cc1. The highest BCUT2D eigenvalue weighted by molar-refractivity contribution is 6.23. The van der Waals surface area contributed by atoms with Crippen molar-refractivity contribution in [1.29, 1.82) is 0 Å². The molecule has 174 valence electrons. The molecular formula is C27H38N2O3. The summed E-state index contributed by atoms with van der Waals surface area (Å²) in [5.74, 6) is -0.122. The molecule has 0 spiro atoms. The van der Waals surface area contributed by atoms with Crippen LogP contribution in [0.3, 0.4) is 0 Å². The average molecular weight is 439 g/mol. The molecule has 2 aliphatic carbocycles. The Morgan fingerprint density at radius 3 is 2.03 bits per heavy atom. The Kier molecular flexibility index (Phi) is 5.75. The van der Waals surface area contributed by atoms with E-state index in [1.807, 2.05) is 29.2 Å². The first-order valence-corrected chi connectivity index (χ1v) is 12.3. The van der Waals surface area contributed by atoms with Crippen molar-refractivity contribution in [1.82, 2.24) is 4.90 Å². The van der Waals surface area contributed by atoms with Gasteiger partial charge < -0.3 is 4.90 Å². The second kappa shape index (κ2) is 8.00. The van der Waals surface area contributed by atoms with Gasteiger partial charge in [0.15, 0.2) is 0 Å². The molecule has 3 amide bonds. The van der Waals surface area contributed by atoms with Crippen LogP contribution in [0.2, 0.25) is 0 Å². The zero-order chi connectivity index (χ0) is 23.4. The highest BCUT2D eigenvalue weighted by Gasteiger charge is 2.69. The van der Waals surface area contributed by atoms with Gasteiger partial charge in [-0.2, -0.15) is 0 Å². The zero-order valence-corrected chi connectivity index (χ0v) is 20.5. The van der Waals surface area contributed by atoms with Crippen molar-refractivity contribution in [2.24, 2.45) is 16.7 Å². The van der Waals surface area contributed by atoms with Gasteiger partial charge in [0, 0.05) is 12.0 Å². The van der Waals surface area contributed by atoms with Crippen LogP contribution in [0, 0.1) is 16.7 Å². The minimum atomic E-state index is -0.685. The van der Waals surface area contributed by atoms with Crippen LogP contribution in [0.5, 0.6) is 0 Å². The number of benzene rings is 1. The van der Waals surface area contributed by atoms with Crippen LogP contribution in [0.4, 0.5) is 5.69 Å². The van der Waals surface area contributed by atoms with Crippen LogP contribution < -0.4 is 4.90 Å². The maximum atomic E-state index is 13.9. The second-order valence-electron chi connectivity index (χ2n) is 11.4. The first kappa shape index (κ1) is 23.0. The molecule has 1 aliphatic heterocycles. The molecule has 5 nitrogen and oxygen atoms in total. The first-order chi connectivity index (χ1) is 15.0. The summed E-state index contributed by atoms with van der Waals surface area (Å²) >= 11 is 0. The van der Waals surface area contributed by atoms with E-state index in [-0.39, 0.29) is 46.9 Å². The van der Waals surface area contributed by atoms with Gasteiger partial charge in [0.2, 0.25) is 11.8 Å². The van der Waals surface area contributed by atoms with Crippen molar-refractivity contribution < 1.29 is 14.4 Å². The summed E-state index contributed by atoms with van der Waals surface area (Å²) in [5, 5.41) is 0. The molecule has 0 N–H and O–H groups in total. The van der Waals surface area contributed by atoms with Crippen LogP contribution in [-0.2, 0) is 14.4 Å². The molecule has 1 atom stereocenters. The molecule has 0 bridgehead atoms. The molecule has 5 heteroatoms. The lowest BCUT2D eigenvalue weighted by Gasteiger charge is -2.38. The molecule has 1 heterocycles. The predicted octanol–water partition coefficient (Wildman–Crippen LogP) is 5.29. The van der Waals surface area contributed by atoms with Gasteiger partial charge in [-0.25, -0.2) is 4.90 Å². The molecule has 1 saturated heterocycles. The van der Waals surface area contributed by atoms with Gasteiger partial charge in [0.05, 0.1) is 12.1 Å². The fourth-order valence-corrected chi connectivity index (χ4v) is 6.02. The van der Waals surface area contributed by atoms with E-state index < -0.39 is 6.04 Å². The van der Waals surface area contributed by atoms with E-state index in [0.717, 1.165) is 25.7 Å². The molecule has 1 unspecified atom stereocenters. The van der Waals surface area contributed by atoms with Gasteiger partial charge in [-0.1, -0.05) is 72.9 Å². The summed E-state index contributed by atoms with van der Waals surface area (Å²) in [6.07, 6.45) is 5.23. The van der Waals surface area contributed by atoms with Gasteiger partial charge in [-0.05, 0) is 47.3 Å². The summed E-state index contributed by atoms with van der Waals surface area (Å²) in [6.45, 7) is 12.8. The van der Waals surface area contributed by atoms with E-state index in [0.29, 0.717) is 11.6 Å². The Morgan fingerprint density at radius 2 is 1.53 bits per heavy atom. The predicted molar refractivity (Wildman–Crippen MR) is 126 cm³/mol. The van der Waals surface area contributed by atoms with E-state index >= 15 is 0 Å². The maximum Gasteiger partial charge on any atom is 0.257 e. The quantitative estimate of drug-likeness (QED) is 0.587. The zero-order valence-electron chi connectivity index (χ0n) is 20.5. The largest absolute Gasteiger partial charge is 0.327 e. The highest BCUT2D eigenvalue weighted by Crippen LogP contribution is 2.69. The minimum absolute atomic E-state index is 0.0495. The number of carbonyl (C=O) groups is 3. The topological polar surface area (TPSA) is 57.7 Å². The van der Waals surface area contributed by atoms with Crippen molar-refractivity contribution in [2.75, 3.05) is 4.90 Å². The molecule has 0 aromatic heterocycles. The van der Waals surface area contributed by atoms with Gasteiger partial charge in [-0.15, -0.1) is 0 Å². The van der Waals surface area contributed by atoms with E-state index in [1.54, 1.807) is 0 Å². The molecular weight excluding hydrogens is 400 g/mol. The van der Waals surface area contributed by atoms with Crippen molar-refractivity contribution in [3.8, 4) is 0 Å². The molecule has 0 radical (unpaired) electrons. The second-order valence-corrected chi connectivity index (χ2v) is 11.4. The normalized spacial score (nSPS) is 25.5. The van der Waals surface area contributed by atoms with Gasteiger partial charge in [0.1, 0.15) is 6.04 Å². The van der Waals surface area contributed by atoms with Crippen LogP contribution in [0.25, 0.3) is 0 Å². The maximum absolute atomic E-state index is 13.9. The lowest BCUT2D eigenvalue weighted by molar-refractivity contribution is -0.144. The number of amides is 3. The van der Waals surface area contributed by atoms with Gasteiger partial charge in [-0.3, -0.25) is 14.4 Å². The van der Waals surface area contributed by atoms with Crippen LogP contribution in [-0.4, -0.2) is 34.7 Å². The third kappa shape index (κ3) is 3.58. The monoisotopic (exact) mass is 438 g/mol. The smallest absolute Gasteiger partial charge is 0.257 e. The Hall–Kier alpha value is -2.17. The van der Waals surface area contributed by atoms with Crippen molar-refractivity contribution in [3.63, 3.8) is 0 Å². The summed E-state index contributed by atoms with van der Waals surface area (Å²) in [5.41, 5.74) is 1.57. The molecule has 2 saturated carbocycles. The number of carbonyl (C=O) groups excluding carboxylic acids is 3. The third-order valence-corrected chi connectivity index (χ3v) is 8.77. The molecule has 3 fully saturated rings. The number of imide groups is 1. The fraction of sp³-hybridized carbons (Fsp3) is 0.667. The minimum Gasteiger partial charge on any atom is -0.327 e. The van der Waals surface area contributed by atoms with Crippen molar-refractivity contribution in [2.45, 2.75) is 98.1 Å². The number of hydrogen-bond donors (Lipinski definition) is 0. The standard InChI is InChI=1S/C27H38N2O3/c1-17(2)18-12-14-20(15-13-18)29-22(30)16-21(24(29)31)28(19-10-8-7-9-11-19)25(32)23-26(3,4)27(23,5)6/h12-15,17,19,21,23H,7-11,16H2,1-6H3. The Bertz CT molecular complexity index is 895.